The highest BCUT2D eigenvalue weighted by Crippen LogP contribution is 2.44. The van der Waals surface area contributed by atoms with Gasteiger partial charge in [0.05, 0.1) is 36.5 Å². The summed E-state index contributed by atoms with van der Waals surface area (Å²) in [5, 5.41) is 10.3. The molecule has 9 heteroatoms. The van der Waals surface area contributed by atoms with Gasteiger partial charge in [-0.15, -0.1) is 0 Å². The lowest BCUT2D eigenvalue weighted by molar-refractivity contribution is -0.268. The molecule has 2 aliphatic rings. The van der Waals surface area contributed by atoms with Crippen LogP contribution >= 0.6 is 11.8 Å². The van der Waals surface area contributed by atoms with Gasteiger partial charge in [-0.2, -0.15) is 0 Å². The lowest BCUT2D eigenvalue weighted by Crippen LogP contribution is -2.38. The Balaban J connectivity index is 0.977. The molecule has 0 spiro atoms. The minimum atomic E-state index is -0.670. The van der Waals surface area contributed by atoms with Gasteiger partial charge in [-0.3, -0.25) is 14.5 Å². The smallest absolute Gasteiger partial charge is 0.261 e. The summed E-state index contributed by atoms with van der Waals surface area (Å²) in [6.45, 7) is 2.27. The van der Waals surface area contributed by atoms with Crippen molar-refractivity contribution >= 4 is 23.6 Å². The number of aliphatic hydroxyl groups is 1. The Morgan fingerprint density at radius 2 is 1.22 bits per heavy atom. The number of aliphatic hydroxyl groups excluding tert-OH is 1. The Hall–Kier alpha value is -6.10. The number of amides is 2. The lowest BCUT2D eigenvalue weighted by Gasteiger charge is -2.41. The minimum absolute atomic E-state index is 0.0332. The van der Waals surface area contributed by atoms with Gasteiger partial charge in [0.2, 0.25) is 0 Å². The number of rotatable bonds is 11. The third kappa shape index (κ3) is 7.41. The molecular weight excluding hydrogens is 745 g/mol. The van der Waals surface area contributed by atoms with Crippen LogP contribution in [0.3, 0.4) is 0 Å². The van der Waals surface area contributed by atoms with Crippen molar-refractivity contribution in [1.29, 1.82) is 0 Å². The first-order chi connectivity index (χ1) is 28.4. The second-order valence-electron chi connectivity index (χ2n) is 14.5. The Morgan fingerprint density at radius 1 is 0.638 bits per heavy atom. The van der Waals surface area contributed by atoms with E-state index in [0.717, 1.165) is 56.0 Å². The molecule has 2 amide bonds. The number of carbonyl (C=O) groups is 2. The minimum Gasteiger partial charge on any atom is -0.431 e. The molecule has 58 heavy (non-hydrogen) atoms. The number of carbonyl (C=O) groups excluding carboxylic acids is 2. The second-order valence-corrected chi connectivity index (χ2v) is 15.5. The lowest BCUT2D eigenvalue weighted by atomic mass is 9.91. The molecule has 2 aliphatic heterocycles. The number of hydrogen-bond acceptors (Lipinski definition) is 8. The number of thioether (sulfide) groups is 1. The molecule has 0 aliphatic carbocycles. The van der Waals surface area contributed by atoms with Crippen LogP contribution in [-0.4, -0.2) is 38.7 Å². The number of ether oxygens (including phenoxy) is 2. The van der Waals surface area contributed by atoms with Crippen molar-refractivity contribution in [2.75, 3.05) is 5.75 Å². The zero-order valence-electron chi connectivity index (χ0n) is 31.7. The number of fused-ring (bicyclic) bond motifs is 1. The van der Waals surface area contributed by atoms with Crippen molar-refractivity contribution < 1.29 is 28.6 Å². The molecule has 7 aromatic rings. The van der Waals surface area contributed by atoms with Crippen molar-refractivity contribution in [2.24, 2.45) is 5.92 Å². The molecule has 0 saturated carbocycles. The van der Waals surface area contributed by atoms with Crippen LogP contribution < -0.4 is 0 Å². The van der Waals surface area contributed by atoms with Crippen molar-refractivity contribution in [1.82, 2.24) is 9.88 Å². The topological polar surface area (TPSA) is 102 Å². The molecule has 1 N–H and O–H groups in total. The van der Waals surface area contributed by atoms with Crippen LogP contribution in [0.1, 0.15) is 62.3 Å². The predicted molar refractivity (Wildman–Crippen MR) is 224 cm³/mol. The van der Waals surface area contributed by atoms with Gasteiger partial charge in [-0.05, 0) is 39.9 Å². The number of aromatic nitrogens is 1. The number of oxazole rings is 1. The van der Waals surface area contributed by atoms with Crippen LogP contribution in [0, 0.1) is 5.92 Å². The van der Waals surface area contributed by atoms with Crippen LogP contribution in [0.5, 0.6) is 0 Å². The highest BCUT2D eigenvalue weighted by molar-refractivity contribution is 7.99. The maximum Gasteiger partial charge on any atom is 0.261 e. The average molecular weight is 785 g/mol. The summed E-state index contributed by atoms with van der Waals surface area (Å²) in [5.74, 6) is 0.694. The zero-order chi connectivity index (χ0) is 39.6. The van der Waals surface area contributed by atoms with E-state index in [1.165, 1.54) is 16.7 Å². The standard InChI is InChI=1S/C49H40N2O6S/c1-31-42(30-58-49-50-43(34-12-4-2-5-13-34)45(57-49)35-14-6-3-7-15-35)55-48(56-44(31)36-22-20-32(29-52)21-23-36)37-26-24-33(25-27-37)39-17-9-8-16-38(39)28-51-46(53)40-18-10-11-19-41(40)47(51)54/h2-27,31,42,44,48,52H,28-30H2,1H3. The van der Waals surface area contributed by atoms with Gasteiger partial charge < -0.3 is 19.0 Å². The average Bonchev–Trinajstić information content (AvgIpc) is 3.82. The molecule has 1 fully saturated rings. The van der Waals surface area contributed by atoms with Crippen LogP contribution in [0.2, 0.25) is 0 Å². The van der Waals surface area contributed by atoms with E-state index in [1.54, 1.807) is 24.3 Å². The molecule has 0 radical (unpaired) electrons. The molecule has 3 heterocycles. The summed E-state index contributed by atoms with van der Waals surface area (Å²) in [7, 11) is 0. The first-order valence-corrected chi connectivity index (χ1v) is 20.3. The molecule has 9 rings (SSSR count). The predicted octanol–water partition coefficient (Wildman–Crippen LogP) is 10.5. The van der Waals surface area contributed by atoms with Crippen LogP contribution in [-0.2, 0) is 22.6 Å². The van der Waals surface area contributed by atoms with Crippen LogP contribution in [0.15, 0.2) is 167 Å². The summed E-state index contributed by atoms with van der Waals surface area (Å²) in [6, 6.07) is 50.9. The van der Waals surface area contributed by atoms with E-state index in [0.29, 0.717) is 22.1 Å². The zero-order valence-corrected chi connectivity index (χ0v) is 32.5. The van der Waals surface area contributed by atoms with Crippen molar-refractivity contribution in [3.63, 3.8) is 0 Å². The summed E-state index contributed by atoms with van der Waals surface area (Å²) in [4.78, 5) is 32.7. The highest BCUT2D eigenvalue weighted by Gasteiger charge is 2.39. The van der Waals surface area contributed by atoms with E-state index < -0.39 is 6.29 Å². The molecule has 6 aromatic carbocycles. The molecule has 1 saturated heterocycles. The Bertz CT molecular complexity index is 2470. The van der Waals surface area contributed by atoms with Gasteiger partial charge in [0.25, 0.3) is 17.0 Å². The quantitative estimate of drug-likeness (QED) is 0.102. The number of nitrogens with zero attached hydrogens (tertiary/aromatic N) is 2. The van der Waals surface area contributed by atoms with Gasteiger partial charge in [-0.1, -0.05) is 164 Å². The van der Waals surface area contributed by atoms with Crippen LogP contribution in [0.25, 0.3) is 33.7 Å². The summed E-state index contributed by atoms with van der Waals surface area (Å²) in [6.07, 6.45) is -1.20. The largest absolute Gasteiger partial charge is 0.431 e. The van der Waals surface area contributed by atoms with Crippen LogP contribution in [0.4, 0.5) is 0 Å². The molecule has 288 valence electrons. The fraction of sp³-hybridized carbons (Fsp3) is 0.163. The second kappa shape index (κ2) is 16.4. The normalized spacial score (nSPS) is 19.0. The van der Waals surface area contributed by atoms with E-state index in [2.05, 4.69) is 6.92 Å². The number of imide groups is 1. The van der Waals surface area contributed by atoms with E-state index >= 15 is 0 Å². The molecule has 4 atom stereocenters. The molecular formula is C49H40N2O6S. The van der Waals surface area contributed by atoms with Gasteiger partial charge in [0.1, 0.15) is 5.69 Å². The molecule has 0 bridgehead atoms. The fourth-order valence-electron chi connectivity index (χ4n) is 7.72. The van der Waals surface area contributed by atoms with Gasteiger partial charge in [-0.25, -0.2) is 4.98 Å². The SMILES string of the molecule is CC1C(CSc2nc(-c3ccccc3)c(-c3ccccc3)o2)OC(c2ccc(-c3ccccc3CN3C(=O)c4ccccc4C3=O)cc2)OC1c1ccc(CO)cc1. The molecule has 8 nitrogen and oxygen atoms in total. The summed E-state index contributed by atoms with van der Waals surface area (Å²) < 4.78 is 20.0. The Morgan fingerprint density at radius 3 is 1.88 bits per heavy atom. The van der Waals surface area contributed by atoms with E-state index in [4.69, 9.17) is 18.9 Å². The van der Waals surface area contributed by atoms with Crippen molar-refractivity contribution in [3.05, 3.63) is 191 Å². The maximum atomic E-state index is 13.2. The van der Waals surface area contributed by atoms with Gasteiger partial charge in [0.15, 0.2) is 12.1 Å². The fourth-order valence-corrected chi connectivity index (χ4v) is 8.70. The van der Waals surface area contributed by atoms with Crippen molar-refractivity contribution in [2.45, 2.75) is 43.8 Å². The molecule has 1 aromatic heterocycles. The Kier molecular flexibility index (Phi) is 10.6. The van der Waals surface area contributed by atoms with Gasteiger partial charge >= 0.3 is 0 Å². The van der Waals surface area contributed by atoms with E-state index in [9.17, 15) is 14.7 Å². The number of benzene rings is 6. The first-order valence-electron chi connectivity index (χ1n) is 19.3. The highest BCUT2D eigenvalue weighted by atomic mass is 32.2. The Labute approximate surface area is 341 Å². The first kappa shape index (κ1) is 37.5. The third-order valence-corrected chi connectivity index (χ3v) is 11.8. The monoisotopic (exact) mass is 784 g/mol. The van der Waals surface area contributed by atoms with Crippen molar-refractivity contribution in [3.8, 4) is 33.7 Å². The van der Waals surface area contributed by atoms with E-state index in [-0.39, 0.29) is 43.1 Å². The van der Waals surface area contributed by atoms with E-state index in [1.807, 2.05) is 133 Å². The summed E-state index contributed by atoms with van der Waals surface area (Å²) >= 11 is 1.52. The van der Waals surface area contributed by atoms with Gasteiger partial charge in [0, 0.05) is 28.4 Å². The third-order valence-electron chi connectivity index (χ3n) is 10.9. The molecule has 4 unspecified atom stereocenters. The summed E-state index contributed by atoms with van der Waals surface area (Å²) in [5.41, 5.74) is 9.02. The number of hydrogen-bond donors (Lipinski definition) is 1. The maximum absolute atomic E-state index is 13.2.